The number of rotatable bonds is 3. The first kappa shape index (κ1) is 10.7. The third kappa shape index (κ3) is 1.68. The molecule has 0 aliphatic rings. The summed E-state index contributed by atoms with van der Waals surface area (Å²) in [4.78, 5) is 0. The lowest BCUT2D eigenvalue weighted by Crippen LogP contribution is -1.86. The van der Waals surface area contributed by atoms with Crippen molar-refractivity contribution in [3.05, 3.63) is 67.1 Å². The second-order valence-corrected chi connectivity index (χ2v) is 3.93. The monoisotopic (exact) mass is 236 g/mol. The van der Waals surface area contributed by atoms with Crippen LogP contribution in [0.2, 0.25) is 0 Å². The van der Waals surface area contributed by atoms with Crippen LogP contribution in [0.25, 0.3) is 28.7 Å². The molecule has 0 aliphatic carbocycles. The van der Waals surface area contributed by atoms with Crippen LogP contribution < -0.4 is 0 Å². The molecule has 0 spiro atoms. The zero-order valence-electron chi connectivity index (χ0n) is 9.80. The lowest BCUT2D eigenvalue weighted by Gasteiger charge is -2.08. The summed E-state index contributed by atoms with van der Waals surface area (Å²) in [5.74, 6) is 1.66. The molecule has 2 aromatic heterocycles. The van der Waals surface area contributed by atoms with Gasteiger partial charge in [0.2, 0.25) is 0 Å². The van der Waals surface area contributed by atoms with Crippen LogP contribution >= 0.6 is 0 Å². The van der Waals surface area contributed by atoms with Crippen LogP contribution in [-0.4, -0.2) is 0 Å². The number of furan rings is 2. The molecule has 1 aromatic carbocycles. The van der Waals surface area contributed by atoms with Crippen LogP contribution in [0, 0.1) is 0 Å². The largest absolute Gasteiger partial charge is 0.464 e. The lowest BCUT2D eigenvalue weighted by atomic mass is 9.98. The summed E-state index contributed by atoms with van der Waals surface area (Å²) in [5, 5.41) is 0. The van der Waals surface area contributed by atoms with Gasteiger partial charge in [0.15, 0.2) is 0 Å². The van der Waals surface area contributed by atoms with Gasteiger partial charge in [-0.2, -0.15) is 0 Å². The van der Waals surface area contributed by atoms with Gasteiger partial charge in [-0.1, -0.05) is 30.9 Å². The molecule has 0 bridgehead atoms. The zero-order chi connectivity index (χ0) is 12.4. The van der Waals surface area contributed by atoms with Gasteiger partial charge in [-0.3, -0.25) is 0 Å². The molecule has 0 amide bonds. The highest BCUT2D eigenvalue weighted by molar-refractivity contribution is 5.82. The van der Waals surface area contributed by atoms with Gasteiger partial charge in [0.1, 0.15) is 11.5 Å². The third-order valence-corrected chi connectivity index (χ3v) is 2.88. The Balaban J connectivity index is 2.23. The quantitative estimate of drug-likeness (QED) is 0.649. The van der Waals surface area contributed by atoms with E-state index in [1.807, 2.05) is 48.5 Å². The molecule has 0 radical (unpaired) electrons. The Morgan fingerprint density at radius 2 is 1.33 bits per heavy atom. The molecule has 0 aliphatic heterocycles. The van der Waals surface area contributed by atoms with Crippen LogP contribution in [0.1, 0.15) is 5.56 Å². The zero-order valence-corrected chi connectivity index (χ0v) is 9.80. The van der Waals surface area contributed by atoms with Gasteiger partial charge in [0.25, 0.3) is 0 Å². The molecule has 3 rings (SSSR count). The minimum absolute atomic E-state index is 0.832. The molecule has 3 aromatic rings. The van der Waals surface area contributed by atoms with Crippen molar-refractivity contribution in [2.45, 2.75) is 0 Å². The van der Waals surface area contributed by atoms with Crippen molar-refractivity contribution in [1.82, 2.24) is 0 Å². The number of benzene rings is 1. The highest BCUT2D eigenvalue weighted by Crippen LogP contribution is 2.33. The number of hydrogen-bond donors (Lipinski definition) is 0. The normalized spacial score (nSPS) is 10.4. The average Bonchev–Trinajstić information content (AvgIpc) is 3.10. The Bertz CT molecular complexity index is 594. The molecular weight excluding hydrogens is 224 g/mol. The molecule has 0 saturated heterocycles. The summed E-state index contributed by atoms with van der Waals surface area (Å²) in [5.41, 5.74) is 3.05. The van der Waals surface area contributed by atoms with E-state index in [0.29, 0.717) is 0 Å². The first-order chi connectivity index (χ1) is 8.90. The van der Waals surface area contributed by atoms with Crippen molar-refractivity contribution in [3.8, 4) is 22.6 Å². The van der Waals surface area contributed by atoms with E-state index in [0.717, 1.165) is 28.2 Å². The lowest BCUT2D eigenvalue weighted by molar-refractivity contribution is 0.580. The minimum Gasteiger partial charge on any atom is -0.464 e. The van der Waals surface area contributed by atoms with Gasteiger partial charge in [0, 0.05) is 11.1 Å². The first-order valence-electron chi connectivity index (χ1n) is 5.73. The summed E-state index contributed by atoms with van der Waals surface area (Å²) in [6.07, 6.45) is 5.17. The highest BCUT2D eigenvalue weighted by atomic mass is 16.3. The van der Waals surface area contributed by atoms with Crippen molar-refractivity contribution in [3.63, 3.8) is 0 Å². The molecule has 0 atom stereocenters. The molecule has 0 N–H and O–H groups in total. The summed E-state index contributed by atoms with van der Waals surface area (Å²) in [6.45, 7) is 3.89. The predicted molar refractivity (Wildman–Crippen MR) is 71.9 cm³/mol. The predicted octanol–water partition coefficient (Wildman–Crippen LogP) is 4.85. The molecule has 0 saturated carbocycles. The van der Waals surface area contributed by atoms with Crippen molar-refractivity contribution in [2.24, 2.45) is 0 Å². The van der Waals surface area contributed by atoms with E-state index >= 15 is 0 Å². The third-order valence-electron chi connectivity index (χ3n) is 2.88. The summed E-state index contributed by atoms with van der Waals surface area (Å²) < 4.78 is 10.9. The Morgan fingerprint density at radius 1 is 0.778 bits per heavy atom. The van der Waals surface area contributed by atoms with E-state index in [1.165, 1.54) is 0 Å². The second-order valence-electron chi connectivity index (χ2n) is 3.93. The average molecular weight is 236 g/mol. The maximum atomic E-state index is 5.46. The molecule has 18 heavy (non-hydrogen) atoms. The Labute approximate surface area is 105 Å². The molecule has 0 fully saturated rings. The van der Waals surface area contributed by atoms with Gasteiger partial charge in [0.05, 0.1) is 12.5 Å². The summed E-state index contributed by atoms with van der Waals surface area (Å²) in [7, 11) is 0. The van der Waals surface area contributed by atoms with E-state index in [4.69, 9.17) is 8.83 Å². The van der Waals surface area contributed by atoms with E-state index < -0.39 is 0 Å². The van der Waals surface area contributed by atoms with Crippen LogP contribution in [0.15, 0.2) is 70.4 Å². The smallest absolute Gasteiger partial charge is 0.134 e. The van der Waals surface area contributed by atoms with Crippen LogP contribution in [-0.2, 0) is 0 Å². The molecule has 2 heterocycles. The Morgan fingerprint density at radius 3 is 1.72 bits per heavy atom. The van der Waals surface area contributed by atoms with Crippen molar-refractivity contribution >= 4 is 6.08 Å². The molecule has 88 valence electrons. The molecule has 2 heteroatoms. The van der Waals surface area contributed by atoms with E-state index in [1.54, 1.807) is 12.5 Å². The SMILES string of the molecule is C=Cc1c(-c2ccco2)cccc1-c1ccco1. The van der Waals surface area contributed by atoms with Gasteiger partial charge >= 0.3 is 0 Å². The fraction of sp³-hybridized carbons (Fsp3) is 0. The van der Waals surface area contributed by atoms with Crippen molar-refractivity contribution in [2.75, 3.05) is 0 Å². The maximum absolute atomic E-state index is 5.46. The summed E-state index contributed by atoms with van der Waals surface area (Å²) >= 11 is 0. The second kappa shape index (κ2) is 4.41. The topological polar surface area (TPSA) is 26.3 Å². The highest BCUT2D eigenvalue weighted by Gasteiger charge is 2.12. The van der Waals surface area contributed by atoms with Gasteiger partial charge < -0.3 is 8.83 Å². The van der Waals surface area contributed by atoms with Gasteiger partial charge in [-0.05, 0) is 29.8 Å². The fourth-order valence-electron chi connectivity index (χ4n) is 2.08. The molecule has 2 nitrogen and oxygen atoms in total. The maximum Gasteiger partial charge on any atom is 0.134 e. The van der Waals surface area contributed by atoms with Crippen molar-refractivity contribution < 1.29 is 8.83 Å². The van der Waals surface area contributed by atoms with E-state index in [-0.39, 0.29) is 0 Å². The van der Waals surface area contributed by atoms with Crippen molar-refractivity contribution in [1.29, 1.82) is 0 Å². The van der Waals surface area contributed by atoms with Crippen LogP contribution in [0.4, 0.5) is 0 Å². The molecule has 0 unspecified atom stereocenters. The van der Waals surface area contributed by atoms with Crippen LogP contribution in [0.5, 0.6) is 0 Å². The Hall–Kier alpha value is -2.48. The first-order valence-corrected chi connectivity index (χ1v) is 5.73. The summed E-state index contributed by atoms with van der Waals surface area (Å²) in [6, 6.07) is 13.7. The van der Waals surface area contributed by atoms with E-state index in [9.17, 15) is 0 Å². The van der Waals surface area contributed by atoms with E-state index in [2.05, 4.69) is 6.58 Å². The minimum atomic E-state index is 0.832. The van der Waals surface area contributed by atoms with Gasteiger partial charge in [-0.25, -0.2) is 0 Å². The number of hydrogen-bond acceptors (Lipinski definition) is 2. The Kier molecular flexibility index (Phi) is 2.61. The fourth-order valence-corrected chi connectivity index (χ4v) is 2.08. The standard InChI is InChI=1S/C16H12O2/c1-2-12-13(15-8-4-10-17-15)6-3-7-14(12)16-9-5-11-18-16/h2-11H,1H2. The van der Waals surface area contributed by atoms with Gasteiger partial charge in [-0.15, -0.1) is 0 Å². The van der Waals surface area contributed by atoms with Crippen LogP contribution in [0.3, 0.4) is 0 Å². The molecular formula is C16H12O2.